The van der Waals surface area contributed by atoms with Crippen LogP contribution in [0.5, 0.6) is 11.6 Å². The maximum Gasteiger partial charge on any atom is 0.311 e. The van der Waals surface area contributed by atoms with Crippen molar-refractivity contribution in [2.75, 3.05) is 5.73 Å². The minimum absolute atomic E-state index is 0.0769. The lowest BCUT2D eigenvalue weighted by molar-refractivity contribution is -0.385. The van der Waals surface area contributed by atoms with E-state index >= 15 is 0 Å². The van der Waals surface area contributed by atoms with E-state index in [2.05, 4.69) is 9.97 Å². The van der Waals surface area contributed by atoms with Crippen molar-refractivity contribution in [3.63, 3.8) is 0 Å². The van der Waals surface area contributed by atoms with Crippen molar-refractivity contribution in [3.8, 4) is 11.6 Å². The molecular weight excluding hydrogens is 279 g/mol. The van der Waals surface area contributed by atoms with E-state index in [9.17, 15) is 14.5 Å². The number of nitrogen functional groups attached to an aromatic ring is 1. The summed E-state index contributed by atoms with van der Waals surface area (Å²) in [5, 5.41) is 10.9. The summed E-state index contributed by atoms with van der Waals surface area (Å²) in [6, 6.07) is 2.95. The Hall–Kier alpha value is -2.77. The molecule has 2 aromatic rings. The number of hydrogen-bond acceptors (Lipinski definition) is 6. The van der Waals surface area contributed by atoms with Gasteiger partial charge in [0.25, 0.3) is 0 Å². The molecule has 0 aliphatic heterocycles. The first-order valence-corrected chi connectivity index (χ1v) is 6.17. The number of rotatable bonds is 4. The van der Waals surface area contributed by atoms with E-state index in [1.807, 2.05) is 6.92 Å². The van der Waals surface area contributed by atoms with Gasteiger partial charge in [-0.1, -0.05) is 6.92 Å². The van der Waals surface area contributed by atoms with Gasteiger partial charge < -0.3 is 10.5 Å². The van der Waals surface area contributed by atoms with Crippen molar-refractivity contribution in [1.29, 1.82) is 0 Å². The van der Waals surface area contributed by atoms with Gasteiger partial charge in [-0.2, -0.15) is 4.98 Å². The lowest BCUT2D eigenvalue weighted by atomic mass is 10.2. The van der Waals surface area contributed by atoms with Crippen LogP contribution in [-0.4, -0.2) is 14.9 Å². The highest BCUT2D eigenvalue weighted by molar-refractivity contribution is 5.51. The minimum atomic E-state index is -0.657. The average Bonchev–Trinajstić information content (AvgIpc) is 2.43. The third kappa shape index (κ3) is 3.04. The lowest BCUT2D eigenvalue weighted by Gasteiger charge is -2.10. The van der Waals surface area contributed by atoms with Crippen LogP contribution in [0.25, 0.3) is 0 Å². The highest BCUT2D eigenvalue weighted by Crippen LogP contribution is 2.33. The molecule has 2 N–H and O–H groups in total. The van der Waals surface area contributed by atoms with Crippen LogP contribution in [0, 0.1) is 22.9 Å². The third-order valence-corrected chi connectivity index (χ3v) is 2.83. The van der Waals surface area contributed by atoms with E-state index in [-0.39, 0.29) is 23.1 Å². The Labute approximate surface area is 119 Å². The second kappa shape index (κ2) is 5.70. The number of aryl methyl sites for hydroxylation is 1. The molecule has 0 unspecified atom stereocenters. The summed E-state index contributed by atoms with van der Waals surface area (Å²) >= 11 is 0. The SMILES string of the molecule is CCc1nc(N)c(C)c(Oc2cc(F)ccc2[N+](=O)[O-])n1. The first kappa shape index (κ1) is 14.6. The fourth-order valence-corrected chi connectivity index (χ4v) is 1.64. The lowest BCUT2D eigenvalue weighted by Crippen LogP contribution is -2.05. The third-order valence-electron chi connectivity index (χ3n) is 2.83. The van der Waals surface area contributed by atoms with Crippen molar-refractivity contribution < 1.29 is 14.1 Å². The summed E-state index contributed by atoms with van der Waals surface area (Å²) in [5.41, 5.74) is 5.82. The number of aromatic nitrogens is 2. The maximum atomic E-state index is 13.3. The van der Waals surface area contributed by atoms with Crippen LogP contribution in [0.15, 0.2) is 18.2 Å². The number of anilines is 1. The fraction of sp³-hybridized carbons (Fsp3) is 0.231. The van der Waals surface area contributed by atoms with Crippen molar-refractivity contribution >= 4 is 11.5 Å². The molecule has 0 saturated heterocycles. The first-order chi connectivity index (χ1) is 9.92. The molecule has 1 aromatic carbocycles. The van der Waals surface area contributed by atoms with Crippen LogP contribution in [0.2, 0.25) is 0 Å². The fourth-order valence-electron chi connectivity index (χ4n) is 1.64. The van der Waals surface area contributed by atoms with Crippen LogP contribution in [0.3, 0.4) is 0 Å². The molecule has 0 radical (unpaired) electrons. The van der Waals surface area contributed by atoms with Gasteiger partial charge in [-0.25, -0.2) is 9.37 Å². The van der Waals surface area contributed by atoms with Gasteiger partial charge in [-0.05, 0) is 13.0 Å². The van der Waals surface area contributed by atoms with Crippen LogP contribution >= 0.6 is 0 Å². The summed E-state index contributed by atoms with van der Waals surface area (Å²) in [5.74, 6) is -0.148. The maximum absolute atomic E-state index is 13.3. The molecule has 0 amide bonds. The zero-order valence-electron chi connectivity index (χ0n) is 11.5. The zero-order valence-corrected chi connectivity index (χ0v) is 11.5. The van der Waals surface area contributed by atoms with Crippen LogP contribution in [-0.2, 0) is 6.42 Å². The summed E-state index contributed by atoms with van der Waals surface area (Å²) < 4.78 is 18.7. The highest BCUT2D eigenvalue weighted by atomic mass is 19.1. The number of hydrogen-bond donors (Lipinski definition) is 1. The molecule has 1 aromatic heterocycles. The van der Waals surface area contributed by atoms with E-state index in [1.54, 1.807) is 6.92 Å². The van der Waals surface area contributed by atoms with E-state index in [4.69, 9.17) is 10.5 Å². The largest absolute Gasteiger partial charge is 0.431 e. The standard InChI is InChI=1S/C13H13FN4O3/c1-3-11-16-12(15)7(2)13(17-11)21-10-6-8(14)4-5-9(10)18(19)20/h4-6H,3H2,1-2H3,(H2,15,16,17). The Morgan fingerprint density at radius 1 is 1.43 bits per heavy atom. The first-order valence-electron chi connectivity index (χ1n) is 6.17. The van der Waals surface area contributed by atoms with Gasteiger partial charge in [0.1, 0.15) is 17.5 Å². The predicted molar refractivity (Wildman–Crippen MR) is 73.7 cm³/mol. The molecule has 0 saturated carbocycles. The molecule has 21 heavy (non-hydrogen) atoms. The van der Waals surface area contributed by atoms with Gasteiger partial charge in [0, 0.05) is 18.6 Å². The molecule has 2 rings (SSSR count). The number of nitro benzene ring substituents is 1. The Morgan fingerprint density at radius 3 is 2.76 bits per heavy atom. The monoisotopic (exact) mass is 292 g/mol. The number of nitrogens with zero attached hydrogens (tertiary/aromatic N) is 3. The molecule has 0 aliphatic rings. The molecular formula is C13H13FN4O3. The average molecular weight is 292 g/mol. The number of nitro groups is 1. The van der Waals surface area contributed by atoms with Gasteiger partial charge in [-0.3, -0.25) is 10.1 Å². The summed E-state index contributed by atoms with van der Waals surface area (Å²) in [7, 11) is 0. The highest BCUT2D eigenvalue weighted by Gasteiger charge is 2.19. The predicted octanol–water partition coefficient (Wildman–Crippen LogP) is 2.77. The molecule has 0 fully saturated rings. The van der Waals surface area contributed by atoms with E-state index < -0.39 is 10.7 Å². The summed E-state index contributed by atoms with van der Waals surface area (Å²) in [6.45, 7) is 3.45. The van der Waals surface area contributed by atoms with Gasteiger partial charge in [0.15, 0.2) is 0 Å². The number of ether oxygens (including phenoxy) is 1. The molecule has 0 aliphatic carbocycles. The Morgan fingerprint density at radius 2 is 2.14 bits per heavy atom. The zero-order chi connectivity index (χ0) is 15.6. The molecule has 0 atom stereocenters. The number of halogens is 1. The number of nitrogens with two attached hydrogens (primary N) is 1. The second-order valence-corrected chi connectivity index (χ2v) is 4.28. The quantitative estimate of drug-likeness (QED) is 0.686. The van der Waals surface area contributed by atoms with E-state index in [0.29, 0.717) is 17.8 Å². The molecule has 0 bridgehead atoms. The van der Waals surface area contributed by atoms with Gasteiger partial charge in [-0.15, -0.1) is 0 Å². The van der Waals surface area contributed by atoms with Crippen molar-refractivity contribution in [1.82, 2.24) is 9.97 Å². The smallest absolute Gasteiger partial charge is 0.311 e. The Kier molecular flexibility index (Phi) is 3.97. The van der Waals surface area contributed by atoms with Crippen LogP contribution in [0.1, 0.15) is 18.3 Å². The Bertz CT molecular complexity index is 706. The molecule has 8 heteroatoms. The van der Waals surface area contributed by atoms with Crippen molar-refractivity contribution in [2.45, 2.75) is 20.3 Å². The topological polar surface area (TPSA) is 104 Å². The van der Waals surface area contributed by atoms with Crippen molar-refractivity contribution in [3.05, 3.63) is 45.5 Å². The van der Waals surface area contributed by atoms with Crippen LogP contribution < -0.4 is 10.5 Å². The van der Waals surface area contributed by atoms with Gasteiger partial charge in [0.05, 0.1) is 10.5 Å². The van der Waals surface area contributed by atoms with Crippen molar-refractivity contribution in [2.24, 2.45) is 0 Å². The van der Waals surface area contributed by atoms with Gasteiger partial charge >= 0.3 is 5.69 Å². The second-order valence-electron chi connectivity index (χ2n) is 4.28. The molecule has 1 heterocycles. The minimum Gasteiger partial charge on any atom is -0.431 e. The summed E-state index contributed by atoms with van der Waals surface area (Å²) in [4.78, 5) is 18.5. The van der Waals surface area contributed by atoms with E-state index in [1.165, 1.54) is 0 Å². The Balaban J connectivity index is 2.49. The van der Waals surface area contributed by atoms with Gasteiger partial charge in [0.2, 0.25) is 11.6 Å². The molecule has 7 nitrogen and oxygen atoms in total. The summed E-state index contributed by atoms with van der Waals surface area (Å²) in [6.07, 6.45) is 0.520. The number of benzene rings is 1. The normalized spacial score (nSPS) is 10.4. The molecule has 110 valence electrons. The molecule has 0 spiro atoms. The van der Waals surface area contributed by atoms with E-state index in [0.717, 1.165) is 18.2 Å². The van der Waals surface area contributed by atoms with Crippen LogP contribution in [0.4, 0.5) is 15.9 Å².